The molecule has 4 nitrogen and oxygen atoms in total. The number of ether oxygens (including phenoxy) is 1. The number of nitrogens with one attached hydrogen (secondary N) is 1. The second kappa shape index (κ2) is 5.54. The molecule has 0 saturated heterocycles. The molecule has 0 spiro atoms. The van der Waals surface area contributed by atoms with Crippen LogP contribution in [0.1, 0.15) is 40.0 Å². The maximum Gasteiger partial charge on any atom is 0.407 e. The second-order valence-corrected chi connectivity index (χ2v) is 5.62. The number of carbonyl (C=O) groups excluding carboxylic acids is 1. The van der Waals surface area contributed by atoms with Crippen LogP contribution in [0.4, 0.5) is 4.79 Å². The average Bonchev–Trinajstić information content (AvgIpc) is 2.14. The number of hydrogen-bond acceptors (Lipinski definition) is 3. The number of amides is 1. The zero-order valence-electron chi connectivity index (χ0n) is 10.9. The quantitative estimate of drug-likeness (QED) is 0.729. The molecule has 4 heteroatoms. The van der Waals surface area contributed by atoms with E-state index in [1.54, 1.807) is 6.08 Å². The lowest BCUT2D eigenvalue weighted by Gasteiger charge is -2.32. The second-order valence-electron chi connectivity index (χ2n) is 5.62. The highest BCUT2D eigenvalue weighted by atomic mass is 16.6. The number of carbonyl (C=O) groups is 1. The average molecular weight is 241 g/mol. The Bertz CT molecular complexity index is 283. The molecule has 1 aliphatic rings. The Morgan fingerprint density at radius 1 is 1.47 bits per heavy atom. The lowest BCUT2D eigenvalue weighted by atomic mass is 9.84. The molecule has 2 N–H and O–H groups in total. The molecule has 17 heavy (non-hydrogen) atoms. The number of rotatable bonds is 2. The Labute approximate surface area is 103 Å². The van der Waals surface area contributed by atoms with Gasteiger partial charge < -0.3 is 15.2 Å². The monoisotopic (exact) mass is 241 g/mol. The zero-order chi connectivity index (χ0) is 13.1. The summed E-state index contributed by atoms with van der Waals surface area (Å²) >= 11 is 0. The molecule has 98 valence electrons. The van der Waals surface area contributed by atoms with Crippen molar-refractivity contribution in [2.45, 2.75) is 57.8 Å². The van der Waals surface area contributed by atoms with Gasteiger partial charge in [0, 0.05) is 12.0 Å². The first-order valence-corrected chi connectivity index (χ1v) is 6.12. The minimum atomic E-state index is -0.485. The number of aliphatic hydroxyl groups is 1. The first kappa shape index (κ1) is 14.0. The van der Waals surface area contributed by atoms with E-state index in [-0.39, 0.29) is 12.0 Å². The fourth-order valence-electron chi connectivity index (χ4n) is 2.05. The van der Waals surface area contributed by atoms with Crippen molar-refractivity contribution in [1.82, 2.24) is 5.32 Å². The third-order valence-corrected chi connectivity index (χ3v) is 2.89. The van der Waals surface area contributed by atoms with Crippen molar-refractivity contribution in [3.05, 3.63) is 12.7 Å². The molecule has 1 saturated carbocycles. The Balaban J connectivity index is 2.39. The lowest BCUT2D eigenvalue weighted by molar-refractivity contribution is 0.0403. The summed E-state index contributed by atoms with van der Waals surface area (Å²) in [5, 5.41) is 12.6. The van der Waals surface area contributed by atoms with Gasteiger partial charge >= 0.3 is 6.09 Å². The molecule has 0 aromatic rings. The van der Waals surface area contributed by atoms with Crippen molar-refractivity contribution in [1.29, 1.82) is 0 Å². The summed E-state index contributed by atoms with van der Waals surface area (Å²) in [5.74, 6) is 0.145. The summed E-state index contributed by atoms with van der Waals surface area (Å²) in [5.41, 5.74) is -0.485. The van der Waals surface area contributed by atoms with E-state index >= 15 is 0 Å². The first-order valence-electron chi connectivity index (χ1n) is 6.12. The Morgan fingerprint density at radius 2 is 2.12 bits per heavy atom. The SMILES string of the molecule is C=C[C@@H]1CC[C@@H](NC(=O)OC(C)(C)C)C[C@H]1O. The molecular weight excluding hydrogens is 218 g/mol. The molecule has 0 aromatic carbocycles. The molecule has 1 amide bonds. The van der Waals surface area contributed by atoms with Gasteiger partial charge in [-0.25, -0.2) is 4.79 Å². The predicted molar refractivity (Wildman–Crippen MR) is 66.7 cm³/mol. The number of alkyl carbamates (subject to hydrolysis) is 1. The van der Waals surface area contributed by atoms with Crippen molar-refractivity contribution < 1.29 is 14.6 Å². The molecule has 3 atom stereocenters. The van der Waals surface area contributed by atoms with Crippen LogP contribution < -0.4 is 5.32 Å². The lowest BCUT2D eigenvalue weighted by Crippen LogP contribution is -2.44. The molecule has 1 aliphatic carbocycles. The van der Waals surface area contributed by atoms with E-state index in [0.717, 1.165) is 12.8 Å². The van der Waals surface area contributed by atoms with Crippen LogP contribution in [0, 0.1) is 5.92 Å². The number of hydrogen-bond donors (Lipinski definition) is 2. The van der Waals surface area contributed by atoms with Gasteiger partial charge in [0.05, 0.1) is 6.10 Å². The predicted octanol–water partition coefficient (Wildman–Crippen LogP) is 2.23. The van der Waals surface area contributed by atoms with Gasteiger partial charge in [-0.15, -0.1) is 6.58 Å². The van der Waals surface area contributed by atoms with E-state index in [0.29, 0.717) is 6.42 Å². The Kier molecular flexibility index (Phi) is 4.57. The van der Waals surface area contributed by atoms with E-state index in [4.69, 9.17) is 4.74 Å². The fourth-order valence-corrected chi connectivity index (χ4v) is 2.05. The van der Waals surface area contributed by atoms with Crippen LogP contribution in [0.25, 0.3) is 0 Å². The van der Waals surface area contributed by atoms with Gasteiger partial charge in [0.1, 0.15) is 5.60 Å². The van der Waals surface area contributed by atoms with Crippen molar-refractivity contribution in [2.24, 2.45) is 5.92 Å². The fraction of sp³-hybridized carbons (Fsp3) is 0.769. The summed E-state index contributed by atoms with van der Waals surface area (Å²) in [4.78, 5) is 11.5. The van der Waals surface area contributed by atoms with Gasteiger partial charge in [0.25, 0.3) is 0 Å². The van der Waals surface area contributed by atoms with E-state index in [2.05, 4.69) is 11.9 Å². The van der Waals surface area contributed by atoms with Crippen LogP contribution in [0.5, 0.6) is 0 Å². The largest absolute Gasteiger partial charge is 0.444 e. The first-order chi connectivity index (χ1) is 7.81. The summed E-state index contributed by atoms with van der Waals surface area (Å²) in [7, 11) is 0. The van der Waals surface area contributed by atoms with Crippen LogP contribution in [-0.2, 0) is 4.74 Å². The van der Waals surface area contributed by atoms with Crippen molar-refractivity contribution >= 4 is 6.09 Å². The summed E-state index contributed by atoms with van der Waals surface area (Å²) in [6.45, 7) is 9.19. The normalized spacial score (nSPS) is 29.5. The van der Waals surface area contributed by atoms with Crippen LogP contribution in [0.2, 0.25) is 0 Å². The van der Waals surface area contributed by atoms with Crippen molar-refractivity contribution in [3.8, 4) is 0 Å². The Morgan fingerprint density at radius 3 is 2.59 bits per heavy atom. The third kappa shape index (κ3) is 4.77. The molecule has 0 bridgehead atoms. The van der Waals surface area contributed by atoms with Gasteiger partial charge in [0.15, 0.2) is 0 Å². The minimum Gasteiger partial charge on any atom is -0.444 e. The smallest absolute Gasteiger partial charge is 0.407 e. The molecular formula is C13H23NO3. The van der Waals surface area contributed by atoms with Gasteiger partial charge in [-0.1, -0.05) is 6.08 Å². The van der Waals surface area contributed by atoms with Crippen molar-refractivity contribution in [2.75, 3.05) is 0 Å². The highest BCUT2D eigenvalue weighted by Crippen LogP contribution is 2.25. The van der Waals surface area contributed by atoms with E-state index in [9.17, 15) is 9.90 Å². The van der Waals surface area contributed by atoms with Crippen LogP contribution in [0.3, 0.4) is 0 Å². The van der Waals surface area contributed by atoms with Crippen LogP contribution in [-0.4, -0.2) is 28.9 Å². The molecule has 0 radical (unpaired) electrons. The molecule has 0 aromatic heterocycles. The van der Waals surface area contributed by atoms with Crippen molar-refractivity contribution in [3.63, 3.8) is 0 Å². The molecule has 1 fully saturated rings. The number of aliphatic hydroxyl groups excluding tert-OH is 1. The van der Waals surface area contributed by atoms with E-state index < -0.39 is 17.8 Å². The zero-order valence-corrected chi connectivity index (χ0v) is 10.9. The minimum absolute atomic E-state index is 0.00366. The third-order valence-electron chi connectivity index (χ3n) is 2.89. The topological polar surface area (TPSA) is 58.6 Å². The molecule has 0 heterocycles. The highest BCUT2D eigenvalue weighted by molar-refractivity contribution is 5.68. The standard InChI is InChI=1S/C13H23NO3/c1-5-9-6-7-10(8-11(9)15)14-12(16)17-13(2,3)4/h5,9-11,15H,1,6-8H2,2-4H3,(H,14,16)/t9-,10-,11-/m1/s1. The maximum absolute atomic E-state index is 11.5. The van der Waals surface area contributed by atoms with Gasteiger partial charge in [-0.05, 0) is 40.0 Å². The molecule has 0 unspecified atom stereocenters. The van der Waals surface area contributed by atoms with E-state index in [1.165, 1.54) is 0 Å². The molecule has 1 rings (SSSR count). The van der Waals surface area contributed by atoms with Gasteiger partial charge in [0.2, 0.25) is 0 Å². The van der Waals surface area contributed by atoms with Gasteiger partial charge in [-0.3, -0.25) is 0 Å². The summed E-state index contributed by atoms with van der Waals surface area (Å²) in [6.07, 6.45) is 3.23. The molecule has 0 aliphatic heterocycles. The summed E-state index contributed by atoms with van der Waals surface area (Å²) < 4.78 is 5.18. The van der Waals surface area contributed by atoms with E-state index in [1.807, 2.05) is 20.8 Å². The summed E-state index contributed by atoms with van der Waals surface area (Å²) in [6, 6.07) is -0.00366. The Hall–Kier alpha value is -1.03. The maximum atomic E-state index is 11.5. The highest BCUT2D eigenvalue weighted by Gasteiger charge is 2.29. The van der Waals surface area contributed by atoms with Gasteiger partial charge in [-0.2, -0.15) is 0 Å². The van der Waals surface area contributed by atoms with Crippen LogP contribution >= 0.6 is 0 Å². The van der Waals surface area contributed by atoms with Crippen LogP contribution in [0.15, 0.2) is 12.7 Å².